The molecule has 0 bridgehead atoms. The lowest BCUT2D eigenvalue weighted by Crippen LogP contribution is -2.36. The highest BCUT2D eigenvalue weighted by molar-refractivity contribution is 5.99. The number of methoxy groups -OCH3 is 1. The van der Waals surface area contributed by atoms with E-state index in [1.165, 1.54) is 10.9 Å². The number of hydrogen-bond donors (Lipinski definition) is 1. The Hall–Kier alpha value is -3.97. The van der Waals surface area contributed by atoms with Crippen LogP contribution in [0.1, 0.15) is 15.9 Å². The Morgan fingerprint density at radius 3 is 2.83 bits per heavy atom. The summed E-state index contributed by atoms with van der Waals surface area (Å²) in [5.74, 6) is 1.41. The van der Waals surface area contributed by atoms with Gasteiger partial charge in [-0.3, -0.25) is 9.78 Å². The highest BCUT2D eigenvalue weighted by Gasteiger charge is 2.26. The third-order valence-electron chi connectivity index (χ3n) is 6.28. The number of rotatable bonds is 6. The summed E-state index contributed by atoms with van der Waals surface area (Å²) in [7, 11) is 1.63. The van der Waals surface area contributed by atoms with Crippen molar-refractivity contribution in [1.82, 2.24) is 14.9 Å². The fourth-order valence-electron chi connectivity index (χ4n) is 4.50. The van der Waals surface area contributed by atoms with Crippen molar-refractivity contribution in [2.45, 2.75) is 6.42 Å². The number of carbonyl (C=O) groups is 1. The standard InChI is InChI=1S/C28H28N4O3/c1-34-24-10-8-23(9-11-24)31-27-26(7-4-12-30-27)28(33)32-13-14-35-19-20(18-32)15-22-17-29-16-21-5-2-3-6-25(21)22/h2-12,16-17,20H,13-15,18-19H2,1H3,(H,30,31)/t20-/m0/s1. The van der Waals surface area contributed by atoms with Crippen molar-refractivity contribution >= 4 is 28.2 Å². The van der Waals surface area contributed by atoms with E-state index < -0.39 is 0 Å². The molecule has 1 amide bonds. The Morgan fingerprint density at radius 2 is 1.97 bits per heavy atom. The van der Waals surface area contributed by atoms with Gasteiger partial charge in [-0.05, 0) is 53.8 Å². The van der Waals surface area contributed by atoms with E-state index in [-0.39, 0.29) is 11.8 Å². The molecule has 0 aliphatic carbocycles. The van der Waals surface area contributed by atoms with Gasteiger partial charge in [0.25, 0.3) is 5.91 Å². The van der Waals surface area contributed by atoms with Crippen LogP contribution < -0.4 is 10.1 Å². The molecule has 0 saturated carbocycles. The second-order valence-electron chi connectivity index (χ2n) is 8.67. The molecule has 2 aromatic heterocycles. The molecular weight excluding hydrogens is 440 g/mol. The minimum atomic E-state index is -0.0549. The van der Waals surface area contributed by atoms with Gasteiger partial charge in [-0.25, -0.2) is 4.98 Å². The number of ether oxygens (including phenoxy) is 2. The largest absolute Gasteiger partial charge is 0.497 e. The number of fused-ring (bicyclic) bond motifs is 1. The number of nitrogens with one attached hydrogen (secondary N) is 1. The number of hydrogen-bond acceptors (Lipinski definition) is 6. The number of pyridine rings is 2. The topological polar surface area (TPSA) is 76.6 Å². The first kappa shape index (κ1) is 22.8. The average molecular weight is 469 g/mol. The van der Waals surface area contributed by atoms with E-state index in [4.69, 9.17) is 9.47 Å². The summed E-state index contributed by atoms with van der Waals surface area (Å²) in [5, 5.41) is 5.60. The molecule has 5 rings (SSSR count). The van der Waals surface area contributed by atoms with Gasteiger partial charge in [0.2, 0.25) is 0 Å². The Bertz CT molecular complexity index is 1300. The zero-order chi connectivity index (χ0) is 24.0. The van der Waals surface area contributed by atoms with Crippen molar-refractivity contribution in [3.63, 3.8) is 0 Å². The summed E-state index contributed by atoms with van der Waals surface area (Å²) in [5.41, 5.74) is 2.55. The van der Waals surface area contributed by atoms with E-state index in [2.05, 4.69) is 27.4 Å². The molecule has 1 atom stereocenters. The maximum absolute atomic E-state index is 13.6. The molecule has 1 saturated heterocycles. The fourth-order valence-corrected chi connectivity index (χ4v) is 4.50. The average Bonchev–Trinajstić information content (AvgIpc) is 3.15. The van der Waals surface area contributed by atoms with Crippen molar-refractivity contribution in [3.8, 4) is 5.75 Å². The summed E-state index contributed by atoms with van der Waals surface area (Å²) in [4.78, 5) is 24.4. The minimum absolute atomic E-state index is 0.0549. The van der Waals surface area contributed by atoms with Gasteiger partial charge in [0.05, 0.1) is 25.9 Å². The molecule has 7 heteroatoms. The van der Waals surface area contributed by atoms with Crippen molar-refractivity contribution in [2.24, 2.45) is 5.92 Å². The zero-order valence-corrected chi connectivity index (χ0v) is 19.7. The third-order valence-corrected chi connectivity index (χ3v) is 6.28. The van der Waals surface area contributed by atoms with Gasteiger partial charge in [-0.15, -0.1) is 0 Å². The fraction of sp³-hybridized carbons (Fsp3) is 0.250. The van der Waals surface area contributed by atoms with Gasteiger partial charge in [0.1, 0.15) is 11.6 Å². The molecule has 4 aromatic rings. The van der Waals surface area contributed by atoms with Crippen LogP contribution in [0.4, 0.5) is 11.5 Å². The molecule has 178 valence electrons. The van der Waals surface area contributed by atoms with Crippen molar-refractivity contribution in [1.29, 1.82) is 0 Å². The van der Waals surface area contributed by atoms with Gasteiger partial charge in [-0.2, -0.15) is 0 Å². The van der Waals surface area contributed by atoms with Crippen molar-refractivity contribution < 1.29 is 14.3 Å². The molecule has 0 spiro atoms. The second-order valence-corrected chi connectivity index (χ2v) is 8.67. The van der Waals surface area contributed by atoms with Crippen LogP contribution in [0.3, 0.4) is 0 Å². The van der Waals surface area contributed by atoms with E-state index in [1.807, 2.05) is 59.8 Å². The summed E-state index contributed by atoms with van der Waals surface area (Å²) in [6.07, 6.45) is 6.29. The molecule has 2 aromatic carbocycles. The smallest absolute Gasteiger partial charge is 0.257 e. The first-order valence-electron chi connectivity index (χ1n) is 11.8. The van der Waals surface area contributed by atoms with Gasteiger partial charge in [0.15, 0.2) is 0 Å². The molecule has 0 unspecified atom stereocenters. The van der Waals surface area contributed by atoms with E-state index in [1.54, 1.807) is 19.4 Å². The number of benzene rings is 2. The van der Waals surface area contributed by atoms with E-state index in [9.17, 15) is 4.79 Å². The van der Waals surface area contributed by atoms with E-state index >= 15 is 0 Å². The lowest BCUT2D eigenvalue weighted by molar-refractivity contribution is 0.0738. The predicted octanol–water partition coefficient (Wildman–Crippen LogP) is 4.71. The first-order valence-corrected chi connectivity index (χ1v) is 11.8. The van der Waals surface area contributed by atoms with Crippen LogP contribution in [0, 0.1) is 5.92 Å². The normalized spacial score (nSPS) is 16.0. The number of aromatic nitrogens is 2. The molecule has 1 fully saturated rings. The van der Waals surface area contributed by atoms with Gasteiger partial charge in [-0.1, -0.05) is 24.3 Å². The molecular formula is C28H28N4O3. The van der Waals surface area contributed by atoms with Gasteiger partial charge >= 0.3 is 0 Å². The third kappa shape index (κ3) is 5.25. The van der Waals surface area contributed by atoms with Crippen LogP contribution in [0.2, 0.25) is 0 Å². The minimum Gasteiger partial charge on any atom is -0.497 e. The second kappa shape index (κ2) is 10.5. The van der Waals surface area contributed by atoms with Crippen LogP contribution in [-0.2, 0) is 11.2 Å². The van der Waals surface area contributed by atoms with Crippen LogP contribution in [0.5, 0.6) is 5.75 Å². The summed E-state index contributed by atoms with van der Waals surface area (Å²) in [6, 6.07) is 19.4. The lowest BCUT2D eigenvalue weighted by atomic mass is 9.96. The lowest BCUT2D eigenvalue weighted by Gasteiger charge is -2.25. The summed E-state index contributed by atoms with van der Waals surface area (Å²) in [6.45, 7) is 2.27. The van der Waals surface area contributed by atoms with Crippen LogP contribution in [0.15, 0.2) is 79.3 Å². The highest BCUT2D eigenvalue weighted by atomic mass is 16.5. The number of amides is 1. The Morgan fingerprint density at radius 1 is 1.11 bits per heavy atom. The Balaban J connectivity index is 1.34. The summed E-state index contributed by atoms with van der Waals surface area (Å²) < 4.78 is 11.1. The zero-order valence-electron chi connectivity index (χ0n) is 19.7. The van der Waals surface area contributed by atoms with Crippen LogP contribution in [0.25, 0.3) is 10.8 Å². The van der Waals surface area contributed by atoms with Crippen LogP contribution in [-0.4, -0.2) is 54.2 Å². The van der Waals surface area contributed by atoms with Gasteiger partial charge < -0.3 is 19.7 Å². The molecule has 3 heterocycles. The van der Waals surface area contributed by atoms with Gasteiger partial charge in [0, 0.05) is 48.7 Å². The summed E-state index contributed by atoms with van der Waals surface area (Å²) >= 11 is 0. The van der Waals surface area contributed by atoms with Crippen molar-refractivity contribution in [3.05, 3.63) is 90.4 Å². The molecule has 0 radical (unpaired) electrons. The Labute approximate surface area is 204 Å². The molecule has 7 nitrogen and oxygen atoms in total. The molecule has 1 N–H and O–H groups in total. The quantitative estimate of drug-likeness (QED) is 0.442. The predicted molar refractivity (Wildman–Crippen MR) is 136 cm³/mol. The number of carbonyl (C=O) groups excluding carboxylic acids is 1. The monoisotopic (exact) mass is 468 g/mol. The molecule has 1 aliphatic rings. The van der Waals surface area contributed by atoms with Crippen molar-refractivity contribution in [2.75, 3.05) is 38.7 Å². The van der Waals surface area contributed by atoms with Crippen LogP contribution >= 0.6 is 0 Å². The maximum atomic E-state index is 13.6. The highest BCUT2D eigenvalue weighted by Crippen LogP contribution is 2.25. The SMILES string of the molecule is COc1ccc(Nc2ncccc2C(=O)N2CCOC[C@@H](Cc3cncc4ccccc34)C2)cc1. The molecule has 35 heavy (non-hydrogen) atoms. The maximum Gasteiger partial charge on any atom is 0.257 e. The molecule has 1 aliphatic heterocycles. The Kier molecular flexibility index (Phi) is 6.86. The first-order chi connectivity index (χ1) is 17.2. The number of nitrogens with zero attached hydrogens (tertiary/aromatic N) is 3. The van der Waals surface area contributed by atoms with E-state index in [0.29, 0.717) is 37.7 Å². The van der Waals surface area contributed by atoms with E-state index in [0.717, 1.165) is 23.2 Å². The number of anilines is 2.